The summed E-state index contributed by atoms with van der Waals surface area (Å²) in [5, 5.41) is 9.05. The Morgan fingerprint density at radius 1 is 1.00 bits per heavy atom. The van der Waals surface area contributed by atoms with E-state index in [1.807, 2.05) is 0 Å². The molecule has 0 radical (unpaired) electrons. The van der Waals surface area contributed by atoms with E-state index in [9.17, 15) is 0 Å². The lowest BCUT2D eigenvalue weighted by molar-refractivity contribution is -0.0580. The van der Waals surface area contributed by atoms with E-state index in [0.717, 1.165) is 5.92 Å². The van der Waals surface area contributed by atoms with E-state index in [-0.39, 0.29) is 0 Å². The molecule has 0 amide bonds. The second-order valence-corrected chi connectivity index (χ2v) is 7.53. The Labute approximate surface area is 118 Å². The van der Waals surface area contributed by atoms with Crippen LogP contribution in [0.5, 0.6) is 0 Å². The van der Waals surface area contributed by atoms with Crippen molar-refractivity contribution >= 4 is 0 Å². The van der Waals surface area contributed by atoms with Crippen LogP contribution in [-0.4, -0.2) is 0 Å². The molecule has 1 heteroatoms. The van der Waals surface area contributed by atoms with E-state index >= 15 is 0 Å². The van der Waals surface area contributed by atoms with Crippen LogP contribution in [0.15, 0.2) is 12.7 Å². The summed E-state index contributed by atoms with van der Waals surface area (Å²) >= 11 is 0. The highest BCUT2D eigenvalue weighted by molar-refractivity contribution is 5.05. The van der Waals surface area contributed by atoms with Crippen LogP contribution in [0.1, 0.15) is 70.6 Å². The fourth-order valence-electron chi connectivity index (χ4n) is 5.35. The van der Waals surface area contributed by atoms with E-state index in [1.54, 1.807) is 0 Å². The maximum Gasteiger partial charge on any atom is 0.0655 e. The van der Waals surface area contributed by atoms with Crippen molar-refractivity contribution in [1.29, 1.82) is 5.26 Å². The summed E-state index contributed by atoms with van der Waals surface area (Å²) in [7, 11) is 0. The summed E-state index contributed by atoms with van der Waals surface area (Å²) in [4.78, 5) is 0. The molecule has 0 aliphatic heterocycles. The molecule has 0 spiro atoms. The third kappa shape index (κ3) is 2.24. The Morgan fingerprint density at radius 3 is 2.05 bits per heavy atom. The highest BCUT2D eigenvalue weighted by Gasteiger charge is 2.51. The first-order valence-electron chi connectivity index (χ1n) is 8.23. The Hall–Kier alpha value is -0.770. The lowest BCUT2D eigenvalue weighted by Gasteiger charge is -2.57. The van der Waals surface area contributed by atoms with Crippen LogP contribution in [0.3, 0.4) is 0 Å². The van der Waals surface area contributed by atoms with E-state index in [4.69, 9.17) is 5.26 Å². The molecule has 19 heavy (non-hydrogen) atoms. The molecule has 4 saturated carbocycles. The van der Waals surface area contributed by atoms with Crippen molar-refractivity contribution < 1.29 is 0 Å². The van der Waals surface area contributed by atoms with Gasteiger partial charge in [-0.05, 0) is 87.4 Å². The van der Waals surface area contributed by atoms with Crippen LogP contribution >= 0.6 is 0 Å². The number of hydrogen-bond donors (Lipinski definition) is 0. The third-order valence-electron chi connectivity index (χ3n) is 6.81. The van der Waals surface area contributed by atoms with Gasteiger partial charge in [-0.15, -0.1) is 6.58 Å². The zero-order valence-electron chi connectivity index (χ0n) is 12.2. The first-order chi connectivity index (χ1) is 9.22. The van der Waals surface area contributed by atoms with Gasteiger partial charge in [0.05, 0.1) is 6.07 Å². The van der Waals surface area contributed by atoms with Gasteiger partial charge in [0.2, 0.25) is 0 Å². The van der Waals surface area contributed by atoms with Crippen LogP contribution < -0.4 is 0 Å². The molecule has 104 valence electrons. The van der Waals surface area contributed by atoms with Gasteiger partial charge in [-0.3, -0.25) is 0 Å². The molecule has 0 aromatic carbocycles. The van der Waals surface area contributed by atoms with Crippen molar-refractivity contribution in [3.8, 4) is 6.07 Å². The number of nitriles is 1. The lowest BCUT2D eigenvalue weighted by atomic mass is 9.48. The van der Waals surface area contributed by atoms with Gasteiger partial charge >= 0.3 is 0 Å². The van der Waals surface area contributed by atoms with E-state index in [0.29, 0.717) is 16.7 Å². The quantitative estimate of drug-likeness (QED) is 0.635. The minimum absolute atomic E-state index is 0.361. The topological polar surface area (TPSA) is 23.8 Å². The molecule has 0 heterocycles. The van der Waals surface area contributed by atoms with Gasteiger partial charge in [0, 0.05) is 5.92 Å². The molecule has 0 N–H and O–H groups in total. The van der Waals surface area contributed by atoms with Crippen LogP contribution in [-0.2, 0) is 0 Å². The summed E-state index contributed by atoms with van der Waals surface area (Å²) in [6.07, 6.45) is 17.1. The van der Waals surface area contributed by atoms with Crippen LogP contribution in [0.4, 0.5) is 0 Å². The second kappa shape index (κ2) is 4.97. The van der Waals surface area contributed by atoms with Crippen molar-refractivity contribution in [3.05, 3.63) is 12.7 Å². The zero-order chi connectivity index (χ0) is 13.3. The maximum atomic E-state index is 9.05. The molecule has 1 nitrogen and oxygen atoms in total. The molecule has 4 aliphatic carbocycles. The Morgan fingerprint density at radius 2 is 1.58 bits per heavy atom. The molecule has 2 bridgehead atoms. The van der Waals surface area contributed by atoms with Gasteiger partial charge in [0.25, 0.3) is 0 Å². The molecule has 4 fully saturated rings. The van der Waals surface area contributed by atoms with Crippen LogP contribution in [0, 0.1) is 34.0 Å². The Balaban J connectivity index is 1.65. The molecule has 4 aliphatic rings. The summed E-state index contributed by atoms with van der Waals surface area (Å²) in [6.45, 7) is 3.96. The highest BCUT2D eigenvalue weighted by atomic mass is 14.6. The number of fused-ring (bicyclic) bond motifs is 3. The predicted molar refractivity (Wildman–Crippen MR) is 78.4 cm³/mol. The fourth-order valence-corrected chi connectivity index (χ4v) is 5.35. The number of hydrogen-bond acceptors (Lipinski definition) is 1. The summed E-state index contributed by atoms with van der Waals surface area (Å²) in [5.74, 6) is 1.29. The summed E-state index contributed by atoms with van der Waals surface area (Å²) in [5.41, 5.74) is 1.30. The fraction of sp³-hybridized carbons (Fsp3) is 0.833. The minimum Gasteiger partial charge on any atom is -0.198 e. The third-order valence-corrected chi connectivity index (χ3v) is 6.81. The van der Waals surface area contributed by atoms with Crippen molar-refractivity contribution in [1.82, 2.24) is 0 Å². The molecule has 0 aromatic heterocycles. The molecule has 0 saturated heterocycles. The normalized spacial score (nSPS) is 45.6. The van der Waals surface area contributed by atoms with Gasteiger partial charge in [-0.25, -0.2) is 0 Å². The summed E-state index contributed by atoms with van der Waals surface area (Å²) in [6, 6.07) is 2.48. The van der Waals surface area contributed by atoms with Gasteiger partial charge < -0.3 is 0 Å². The zero-order valence-corrected chi connectivity index (χ0v) is 12.2. The average molecular weight is 257 g/mol. The first kappa shape index (κ1) is 13.2. The molecular weight excluding hydrogens is 230 g/mol. The van der Waals surface area contributed by atoms with Gasteiger partial charge in [-0.2, -0.15) is 5.26 Å². The van der Waals surface area contributed by atoms with Gasteiger partial charge in [0.15, 0.2) is 0 Å². The molecule has 4 rings (SSSR count). The molecule has 0 unspecified atom stereocenters. The maximum absolute atomic E-state index is 9.05. The monoisotopic (exact) mass is 257 g/mol. The van der Waals surface area contributed by atoms with E-state index < -0.39 is 0 Å². The number of allylic oxidation sites excluding steroid dienone is 1. The largest absolute Gasteiger partial charge is 0.198 e. The standard InChI is InChI=1S/C18H27N/c1-2-7-17-8-11-18(12-9-17,13-10-17)16-5-3-15(14-19)4-6-16/h2,15-16H,1,3-13H2. The van der Waals surface area contributed by atoms with Crippen molar-refractivity contribution in [3.63, 3.8) is 0 Å². The van der Waals surface area contributed by atoms with Crippen LogP contribution in [0.25, 0.3) is 0 Å². The molecule has 0 aromatic rings. The average Bonchev–Trinajstić information content (AvgIpc) is 2.49. The van der Waals surface area contributed by atoms with Crippen molar-refractivity contribution in [2.45, 2.75) is 70.6 Å². The highest BCUT2D eigenvalue weighted by Crippen LogP contribution is 2.63. The Bertz CT molecular complexity index is 356. The molecular formula is C18H27N. The predicted octanol–water partition coefficient (Wildman–Crippen LogP) is 5.23. The minimum atomic E-state index is 0.361. The first-order valence-corrected chi connectivity index (χ1v) is 8.23. The lowest BCUT2D eigenvalue weighted by Crippen LogP contribution is -2.46. The number of rotatable bonds is 3. The Kier molecular flexibility index (Phi) is 3.46. The van der Waals surface area contributed by atoms with Gasteiger partial charge in [0.1, 0.15) is 0 Å². The van der Waals surface area contributed by atoms with E-state index in [1.165, 1.54) is 70.6 Å². The van der Waals surface area contributed by atoms with Crippen molar-refractivity contribution in [2.75, 3.05) is 0 Å². The second-order valence-electron chi connectivity index (χ2n) is 7.53. The summed E-state index contributed by atoms with van der Waals surface area (Å²) < 4.78 is 0. The van der Waals surface area contributed by atoms with Crippen LogP contribution in [0.2, 0.25) is 0 Å². The van der Waals surface area contributed by atoms with E-state index in [2.05, 4.69) is 18.7 Å². The van der Waals surface area contributed by atoms with Gasteiger partial charge in [-0.1, -0.05) is 6.08 Å². The van der Waals surface area contributed by atoms with Crippen molar-refractivity contribution in [2.24, 2.45) is 22.7 Å². The SMILES string of the molecule is C=CCC12CCC(C3CCC(C#N)CC3)(CC1)CC2. The smallest absolute Gasteiger partial charge is 0.0655 e. The molecule has 0 atom stereocenters. The number of nitrogens with zero attached hydrogens (tertiary/aromatic N) is 1.